The second-order valence-corrected chi connectivity index (χ2v) is 6.70. The third-order valence-electron chi connectivity index (χ3n) is 3.28. The van der Waals surface area contributed by atoms with Crippen LogP contribution in [0.15, 0.2) is 27.1 Å². The average Bonchev–Trinajstić information content (AvgIpc) is 2.41. The molecule has 1 aromatic carbocycles. The molecule has 0 amide bonds. The lowest BCUT2D eigenvalue weighted by Gasteiger charge is -2.29. The molecule has 0 aromatic heterocycles. The summed E-state index contributed by atoms with van der Waals surface area (Å²) in [6.07, 6.45) is 0. The minimum Gasteiger partial charge on any atom is -0.379 e. The van der Waals surface area contributed by atoms with Crippen LogP contribution in [0.1, 0.15) is 12.5 Å². The number of hydrogen-bond donors (Lipinski definition) is 1. The van der Waals surface area contributed by atoms with E-state index in [-0.39, 0.29) is 0 Å². The van der Waals surface area contributed by atoms with Gasteiger partial charge >= 0.3 is 0 Å². The SMILES string of the molecule is CC(CN1CCOCC1)NCc1cc(Br)ccc1Br. The minimum atomic E-state index is 0.476. The van der Waals surface area contributed by atoms with Crippen molar-refractivity contribution >= 4 is 31.9 Å². The largest absolute Gasteiger partial charge is 0.379 e. The molecule has 5 heteroatoms. The summed E-state index contributed by atoms with van der Waals surface area (Å²) in [7, 11) is 0. The summed E-state index contributed by atoms with van der Waals surface area (Å²) in [5.41, 5.74) is 1.28. The topological polar surface area (TPSA) is 24.5 Å². The van der Waals surface area contributed by atoms with Crippen molar-refractivity contribution in [2.45, 2.75) is 19.5 Å². The van der Waals surface area contributed by atoms with Gasteiger partial charge in [-0.25, -0.2) is 0 Å². The van der Waals surface area contributed by atoms with Gasteiger partial charge in [-0.1, -0.05) is 31.9 Å². The monoisotopic (exact) mass is 390 g/mol. The van der Waals surface area contributed by atoms with Crippen LogP contribution >= 0.6 is 31.9 Å². The lowest BCUT2D eigenvalue weighted by atomic mass is 10.2. The highest BCUT2D eigenvalue weighted by atomic mass is 79.9. The van der Waals surface area contributed by atoms with Gasteiger partial charge in [0, 0.05) is 41.2 Å². The average molecular weight is 392 g/mol. The summed E-state index contributed by atoms with van der Waals surface area (Å²) in [5, 5.41) is 3.58. The molecule has 0 radical (unpaired) electrons. The molecule has 106 valence electrons. The summed E-state index contributed by atoms with van der Waals surface area (Å²) in [6, 6.07) is 6.75. The van der Waals surface area contributed by atoms with Gasteiger partial charge in [-0.15, -0.1) is 0 Å². The number of benzene rings is 1. The molecule has 3 nitrogen and oxygen atoms in total. The van der Waals surface area contributed by atoms with E-state index in [1.807, 2.05) is 6.07 Å². The van der Waals surface area contributed by atoms with Gasteiger partial charge in [0.25, 0.3) is 0 Å². The summed E-state index contributed by atoms with van der Waals surface area (Å²) >= 11 is 7.10. The molecule has 0 spiro atoms. The Morgan fingerprint density at radius 1 is 1.32 bits per heavy atom. The Morgan fingerprint density at radius 2 is 2.05 bits per heavy atom. The fraction of sp³-hybridized carbons (Fsp3) is 0.571. The van der Waals surface area contributed by atoms with Crippen molar-refractivity contribution in [1.29, 1.82) is 0 Å². The van der Waals surface area contributed by atoms with Gasteiger partial charge in [0.2, 0.25) is 0 Å². The standard InChI is InChI=1S/C14H20Br2N2O/c1-11(10-18-4-6-19-7-5-18)17-9-12-8-13(15)2-3-14(12)16/h2-3,8,11,17H,4-7,9-10H2,1H3. The fourth-order valence-electron chi connectivity index (χ4n) is 2.20. The summed E-state index contributed by atoms with van der Waals surface area (Å²) in [5.74, 6) is 0. The quantitative estimate of drug-likeness (QED) is 0.834. The first-order valence-electron chi connectivity index (χ1n) is 6.62. The molecular formula is C14H20Br2N2O. The molecule has 1 heterocycles. The maximum Gasteiger partial charge on any atom is 0.0594 e. The second-order valence-electron chi connectivity index (χ2n) is 4.93. The molecule has 0 bridgehead atoms. The summed E-state index contributed by atoms with van der Waals surface area (Å²) in [6.45, 7) is 8.02. The van der Waals surface area contributed by atoms with Crippen LogP contribution in [-0.2, 0) is 11.3 Å². The van der Waals surface area contributed by atoms with Gasteiger partial charge in [-0.3, -0.25) is 4.90 Å². The van der Waals surface area contributed by atoms with Crippen LogP contribution in [0.3, 0.4) is 0 Å². The second kappa shape index (κ2) is 7.74. The van der Waals surface area contributed by atoms with E-state index in [1.165, 1.54) is 5.56 Å². The van der Waals surface area contributed by atoms with Crippen molar-refractivity contribution in [3.63, 3.8) is 0 Å². The van der Waals surface area contributed by atoms with E-state index in [1.54, 1.807) is 0 Å². The van der Waals surface area contributed by atoms with Crippen LogP contribution in [0.2, 0.25) is 0 Å². The Morgan fingerprint density at radius 3 is 2.79 bits per heavy atom. The Labute approximate surface area is 132 Å². The third-order valence-corrected chi connectivity index (χ3v) is 4.55. The van der Waals surface area contributed by atoms with Crippen molar-refractivity contribution in [1.82, 2.24) is 10.2 Å². The molecule has 0 saturated carbocycles. The summed E-state index contributed by atoms with van der Waals surface area (Å²) < 4.78 is 7.64. The summed E-state index contributed by atoms with van der Waals surface area (Å²) in [4.78, 5) is 2.46. The van der Waals surface area contributed by atoms with Gasteiger partial charge in [0.15, 0.2) is 0 Å². The Balaban J connectivity index is 1.79. The molecule has 19 heavy (non-hydrogen) atoms. The van der Waals surface area contributed by atoms with Crippen LogP contribution in [0.5, 0.6) is 0 Å². The van der Waals surface area contributed by atoms with Crippen molar-refractivity contribution in [2.24, 2.45) is 0 Å². The lowest BCUT2D eigenvalue weighted by molar-refractivity contribution is 0.0343. The van der Waals surface area contributed by atoms with Crippen molar-refractivity contribution < 1.29 is 4.74 Å². The molecule has 0 aliphatic carbocycles. The van der Waals surface area contributed by atoms with E-state index < -0.39 is 0 Å². The highest BCUT2D eigenvalue weighted by Crippen LogP contribution is 2.21. The molecule has 1 saturated heterocycles. The van der Waals surface area contributed by atoms with Gasteiger partial charge in [-0.05, 0) is 30.7 Å². The zero-order chi connectivity index (χ0) is 13.7. The van der Waals surface area contributed by atoms with Crippen LogP contribution in [0, 0.1) is 0 Å². The van der Waals surface area contributed by atoms with E-state index in [2.05, 4.69) is 61.1 Å². The Kier molecular flexibility index (Phi) is 6.29. The smallest absolute Gasteiger partial charge is 0.0594 e. The predicted molar refractivity (Wildman–Crippen MR) is 85.4 cm³/mol. The van der Waals surface area contributed by atoms with Gasteiger partial charge < -0.3 is 10.1 Å². The highest BCUT2D eigenvalue weighted by molar-refractivity contribution is 9.11. The van der Waals surface area contributed by atoms with Crippen molar-refractivity contribution in [3.8, 4) is 0 Å². The van der Waals surface area contributed by atoms with E-state index in [9.17, 15) is 0 Å². The first-order chi connectivity index (χ1) is 9.15. The normalized spacial score (nSPS) is 18.5. The van der Waals surface area contributed by atoms with Gasteiger partial charge in [0.05, 0.1) is 13.2 Å². The molecule has 1 aliphatic heterocycles. The van der Waals surface area contributed by atoms with Crippen molar-refractivity contribution in [2.75, 3.05) is 32.8 Å². The van der Waals surface area contributed by atoms with Crippen molar-refractivity contribution in [3.05, 3.63) is 32.7 Å². The maximum atomic E-state index is 5.37. The molecular weight excluding hydrogens is 372 g/mol. The zero-order valence-corrected chi connectivity index (χ0v) is 14.3. The van der Waals surface area contributed by atoms with Crippen LogP contribution in [-0.4, -0.2) is 43.8 Å². The molecule has 1 unspecified atom stereocenters. The van der Waals surface area contributed by atoms with E-state index in [0.717, 1.165) is 48.3 Å². The molecule has 1 aliphatic rings. The first kappa shape index (κ1) is 15.4. The first-order valence-corrected chi connectivity index (χ1v) is 8.21. The van der Waals surface area contributed by atoms with E-state index >= 15 is 0 Å². The molecule has 1 fully saturated rings. The number of halogens is 2. The lowest BCUT2D eigenvalue weighted by Crippen LogP contribution is -2.44. The number of hydrogen-bond acceptors (Lipinski definition) is 3. The van der Waals surface area contributed by atoms with Crippen LogP contribution in [0.25, 0.3) is 0 Å². The maximum absolute atomic E-state index is 5.37. The number of nitrogens with one attached hydrogen (secondary N) is 1. The number of nitrogens with zero attached hydrogens (tertiary/aromatic N) is 1. The van der Waals surface area contributed by atoms with E-state index in [0.29, 0.717) is 6.04 Å². The van der Waals surface area contributed by atoms with E-state index in [4.69, 9.17) is 4.74 Å². The molecule has 1 aromatic rings. The van der Waals surface area contributed by atoms with Gasteiger partial charge in [-0.2, -0.15) is 0 Å². The highest BCUT2D eigenvalue weighted by Gasteiger charge is 2.13. The third kappa shape index (κ3) is 5.16. The van der Waals surface area contributed by atoms with Crippen LogP contribution < -0.4 is 5.32 Å². The predicted octanol–water partition coefficient (Wildman–Crippen LogP) is 3.02. The minimum absolute atomic E-state index is 0.476. The Hall–Kier alpha value is 0.0600. The number of ether oxygens (including phenoxy) is 1. The number of rotatable bonds is 5. The molecule has 2 rings (SSSR count). The van der Waals surface area contributed by atoms with Crippen LogP contribution in [0.4, 0.5) is 0 Å². The molecule has 1 N–H and O–H groups in total. The van der Waals surface area contributed by atoms with Gasteiger partial charge in [0.1, 0.15) is 0 Å². The molecule has 1 atom stereocenters. The zero-order valence-electron chi connectivity index (χ0n) is 11.2. The fourth-order valence-corrected chi connectivity index (χ4v) is 2.99. The Bertz CT molecular complexity index is 408. The number of morpholine rings is 1.